The maximum Gasteiger partial charge on any atom is 0.251 e. The topological polar surface area (TPSA) is 78.4 Å². The van der Waals surface area contributed by atoms with Gasteiger partial charge in [-0.05, 0) is 24.1 Å². The summed E-state index contributed by atoms with van der Waals surface area (Å²) in [5.41, 5.74) is 1.66. The van der Waals surface area contributed by atoms with Crippen LogP contribution in [0.4, 0.5) is 0 Å². The second kappa shape index (κ2) is 9.02. The van der Waals surface area contributed by atoms with Crippen LogP contribution >= 0.6 is 11.3 Å². The Labute approximate surface area is 146 Å². The lowest BCUT2D eigenvalue weighted by molar-refractivity contribution is 0.0963. The molecule has 1 heterocycles. The van der Waals surface area contributed by atoms with Crippen molar-refractivity contribution < 1.29 is 4.79 Å². The van der Waals surface area contributed by atoms with E-state index in [9.17, 15) is 4.79 Å². The molecule has 3 N–H and O–H groups in total. The average Bonchev–Trinajstić information content (AvgIpc) is 3.09. The summed E-state index contributed by atoms with van der Waals surface area (Å²) in [6.45, 7) is 3.35. The van der Waals surface area contributed by atoms with E-state index in [0.717, 1.165) is 17.0 Å². The Kier molecular flexibility index (Phi) is 6.74. The van der Waals surface area contributed by atoms with Gasteiger partial charge in [0.25, 0.3) is 5.91 Å². The van der Waals surface area contributed by atoms with Crippen molar-refractivity contribution in [3.05, 3.63) is 51.5 Å². The fourth-order valence-electron chi connectivity index (χ4n) is 2.13. The van der Waals surface area contributed by atoms with Crippen LogP contribution in [0.15, 0.2) is 35.5 Å². The molecule has 2 rings (SSSR count). The van der Waals surface area contributed by atoms with Crippen molar-refractivity contribution >= 4 is 23.2 Å². The molecule has 0 spiro atoms. The predicted octanol–water partition coefficient (Wildman–Crippen LogP) is 1.93. The molecule has 6 nitrogen and oxygen atoms in total. The number of benzene rings is 1. The zero-order valence-electron chi connectivity index (χ0n) is 14.2. The summed E-state index contributed by atoms with van der Waals surface area (Å²) < 4.78 is 0. The highest BCUT2D eigenvalue weighted by Crippen LogP contribution is 2.12. The van der Waals surface area contributed by atoms with Crippen LogP contribution in [-0.4, -0.2) is 30.9 Å². The molecule has 128 valence electrons. The van der Waals surface area contributed by atoms with Crippen LogP contribution in [0.25, 0.3) is 0 Å². The fourth-order valence-corrected chi connectivity index (χ4v) is 2.93. The van der Waals surface area contributed by atoms with Gasteiger partial charge in [0.2, 0.25) is 0 Å². The van der Waals surface area contributed by atoms with E-state index in [1.54, 1.807) is 31.5 Å². The zero-order valence-corrected chi connectivity index (χ0v) is 15.0. The van der Waals surface area contributed by atoms with Crippen molar-refractivity contribution in [3.63, 3.8) is 0 Å². The first-order valence-corrected chi connectivity index (χ1v) is 8.67. The number of aromatic nitrogens is 1. The third-order valence-electron chi connectivity index (χ3n) is 3.46. The number of carbonyl (C=O) groups is 1. The first-order valence-electron chi connectivity index (χ1n) is 7.85. The van der Waals surface area contributed by atoms with E-state index in [1.807, 2.05) is 24.4 Å². The molecule has 7 heteroatoms. The molecule has 0 atom stereocenters. The number of rotatable bonds is 6. The molecule has 0 aliphatic heterocycles. The molecule has 0 aliphatic carbocycles. The largest absolute Gasteiger partial charge is 0.355 e. The molecule has 0 bridgehead atoms. The minimum Gasteiger partial charge on any atom is -0.355 e. The number of amides is 1. The summed E-state index contributed by atoms with van der Waals surface area (Å²) in [5.74, 6) is 0.614. The fraction of sp³-hybridized carbons (Fsp3) is 0.353. The molecule has 24 heavy (non-hydrogen) atoms. The molecule has 2 aromatic rings. The van der Waals surface area contributed by atoms with E-state index in [-0.39, 0.29) is 5.91 Å². The standard InChI is InChI=1S/C17H23N5OS/c1-4-14-10-20-15(24-14)11-22-17(19-3)21-9-12-6-5-7-13(8-12)16(23)18-2/h5-8,10H,4,9,11H2,1-3H3,(H,18,23)(H2,19,21,22). The smallest absolute Gasteiger partial charge is 0.251 e. The highest BCUT2D eigenvalue weighted by atomic mass is 32.1. The number of aryl methyl sites for hydroxylation is 1. The van der Waals surface area contributed by atoms with Gasteiger partial charge in [0, 0.05) is 37.3 Å². The van der Waals surface area contributed by atoms with Crippen LogP contribution in [0.1, 0.15) is 32.7 Å². The first-order chi connectivity index (χ1) is 11.7. The quantitative estimate of drug-likeness (QED) is 0.552. The molecule has 1 aromatic heterocycles. The maximum absolute atomic E-state index is 11.7. The van der Waals surface area contributed by atoms with Crippen LogP contribution in [0, 0.1) is 0 Å². The Balaban J connectivity index is 1.88. The average molecular weight is 345 g/mol. The summed E-state index contributed by atoms with van der Waals surface area (Å²) in [6, 6.07) is 7.51. The Morgan fingerprint density at radius 2 is 2.08 bits per heavy atom. The summed E-state index contributed by atoms with van der Waals surface area (Å²) in [4.78, 5) is 21.5. The van der Waals surface area contributed by atoms with E-state index in [2.05, 4.69) is 32.9 Å². The molecule has 0 fully saturated rings. The molecular formula is C17H23N5OS. The Morgan fingerprint density at radius 3 is 2.75 bits per heavy atom. The van der Waals surface area contributed by atoms with Gasteiger partial charge in [-0.2, -0.15) is 0 Å². The highest BCUT2D eigenvalue weighted by molar-refractivity contribution is 7.11. The van der Waals surface area contributed by atoms with E-state index >= 15 is 0 Å². The Morgan fingerprint density at radius 1 is 1.29 bits per heavy atom. The lowest BCUT2D eigenvalue weighted by atomic mass is 10.1. The number of hydrogen-bond acceptors (Lipinski definition) is 4. The lowest BCUT2D eigenvalue weighted by Gasteiger charge is -2.11. The second-order valence-electron chi connectivity index (χ2n) is 5.13. The number of nitrogens with one attached hydrogen (secondary N) is 3. The predicted molar refractivity (Wildman–Crippen MR) is 98.4 cm³/mol. The normalized spacial score (nSPS) is 11.2. The monoisotopic (exact) mass is 345 g/mol. The van der Waals surface area contributed by atoms with E-state index in [1.165, 1.54) is 4.88 Å². The number of aliphatic imine (C=N–C) groups is 1. The van der Waals surface area contributed by atoms with Gasteiger partial charge in [-0.3, -0.25) is 9.79 Å². The van der Waals surface area contributed by atoms with Crippen LogP contribution in [-0.2, 0) is 19.5 Å². The van der Waals surface area contributed by atoms with Crippen LogP contribution in [0.5, 0.6) is 0 Å². The number of nitrogens with zero attached hydrogens (tertiary/aromatic N) is 2. The Bertz CT molecular complexity index is 711. The molecule has 0 saturated heterocycles. The van der Waals surface area contributed by atoms with Crippen LogP contribution in [0.2, 0.25) is 0 Å². The lowest BCUT2D eigenvalue weighted by Crippen LogP contribution is -2.36. The van der Waals surface area contributed by atoms with Gasteiger partial charge in [0.1, 0.15) is 5.01 Å². The summed E-state index contributed by atoms with van der Waals surface area (Å²) in [5, 5.41) is 10.2. The number of hydrogen-bond donors (Lipinski definition) is 3. The minimum atomic E-state index is -0.0881. The van der Waals surface area contributed by atoms with Gasteiger partial charge in [0.15, 0.2) is 5.96 Å². The molecule has 1 aromatic carbocycles. The van der Waals surface area contributed by atoms with Crippen molar-refractivity contribution in [1.29, 1.82) is 0 Å². The van der Waals surface area contributed by atoms with Gasteiger partial charge < -0.3 is 16.0 Å². The molecule has 0 unspecified atom stereocenters. The molecule has 0 radical (unpaired) electrons. The van der Waals surface area contributed by atoms with Crippen molar-refractivity contribution in [3.8, 4) is 0 Å². The van der Waals surface area contributed by atoms with E-state index < -0.39 is 0 Å². The van der Waals surface area contributed by atoms with Crippen molar-refractivity contribution in [2.75, 3.05) is 14.1 Å². The molecule has 0 aliphatic rings. The second-order valence-corrected chi connectivity index (χ2v) is 6.33. The van der Waals surface area contributed by atoms with Gasteiger partial charge >= 0.3 is 0 Å². The van der Waals surface area contributed by atoms with Crippen molar-refractivity contribution in [2.45, 2.75) is 26.4 Å². The van der Waals surface area contributed by atoms with Crippen LogP contribution < -0.4 is 16.0 Å². The summed E-state index contributed by atoms with van der Waals surface area (Å²) in [6.07, 6.45) is 2.93. The third kappa shape index (κ3) is 5.06. The van der Waals surface area contributed by atoms with E-state index in [4.69, 9.17) is 0 Å². The minimum absolute atomic E-state index is 0.0881. The summed E-state index contributed by atoms with van der Waals surface area (Å²) in [7, 11) is 3.36. The number of carbonyl (C=O) groups excluding carboxylic acids is 1. The van der Waals surface area contributed by atoms with Crippen LogP contribution in [0.3, 0.4) is 0 Å². The Hall–Kier alpha value is -2.41. The first kappa shape index (κ1) is 17.9. The van der Waals surface area contributed by atoms with Gasteiger partial charge in [-0.1, -0.05) is 19.1 Å². The van der Waals surface area contributed by atoms with Gasteiger partial charge in [-0.15, -0.1) is 11.3 Å². The van der Waals surface area contributed by atoms with E-state index in [0.29, 0.717) is 24.6 Å². The molecule has 1 amide bonds. The van der Waals surface area contributed by atoms with Gasteiger partial charge in [0.05, 0.1) is 6.54 Å². The third-order valence-corrected chi connectivity index (χ3v) is 4.60. The van der Waals surface area contributed by atoms with Gasteiger partial charge in [-0.25, -0.2) is 4.98 Å². The van der Waals surface area contributed by atoms with Crippen molar-refractivity contribution in [2.24, 2.45) is 4.99 Å². The SMILES string of the molecule is CCc1cnc(CNC(=NC)NCc2cccc(C(=O)NC)c2)s1. The maximum atomic E-state index is 11.7. The number of thiazole rings is 1. The molecule has 0 saturated carbocycles. The van der Waals surface area contributed by atoms with Crippen molar-refractivity contribution in [1.82, 2.24) is 20.9 Å². The summed E-state index contributed by atoms with van der Waals surface area (Å²) >= 11 is 1.71. The highest BCUT2D eigenvalue weighted by Gasteiger charge is 2.05. The molecular weight excluding hydrogens is 322 g/mol. The number of guanidine groups is 1. The zero-order chi connectivity index (χ0) is 17.4.